The molecule has 0 amide bonds. The molecule has 0 heterocycles. The van der Waals surface area contributed by atoms with E-state index in [0.29, 0.717) is 0 Å². The number of nitrogens with two attached hydrogens (primary N) is 1. The Morgan fingerprint density at radius 1 is 1.44 bits per heavy atom. The molecule has 4 nitrogen and oxygen atoms in total. The Kier molecular flexibility index (Phi) is 3.74. The Labute approximate surface area is 94.7 Å². The molecule has 0 saturated carbocycles. The zero-order chi connectivity index (χ0) is 12.3. The van der Waals surface area contributed by atoms with E-state index < -0.39 is 15.8 Å². The molecule has 90 valence electrons. The van der Waals surface area contributed by atoms with E-state index in [4.69, 9.17) is 5.73 Å². The lowest BCUT2D eigenvalue weighted by atomic mass is 10.3. The first-order chi connectivity index (χ1) is 7.30. The van der Waals surface area contributed by atoms with Crippen molar-refractivity contribution in [1.82, 2.24) is 0 Å². The van der Waals surface area contributed by atoms with Gasteiger partial charge in [0.25, 0.3) is 0 Å². The quantitative estimate of drug-likeness (QED) is 0.796. The van der Waals surface area contributed by atoms with Gasteiger partial charge in [0.1, 0.15) is 5.82 Å². The van der Waals surface area contributed by atoms with Gasteiger partial charge in [0.05, 0.1) is 17.1 Å². The summed E-state index contributed by atoms with van der Waals surface area (Å²) < 4.78 is 38.2. The highest BCUT2D eigenvalue weighted by atomic mass is 32.2. The third-order valence-electron chi connectivity index (χ3n) is 1.83. The van der Waals surface area contributed by atoms with Crippen LogP contribution in [0.1, 0.15) is 13.8 Å². The number of rotatable bonds is 4. The van der Waals surface area contributed by atoms with Crippen LogP contribution in [0.4, 0.5) is 15.8 Å². The maximum absolute atomic E-state index is 12.7. The smallest absolute Gasteiger partial charge is 0.233 e. The number of nitrogens with one attached hydrogen (secondary N) is 1. The van der Waals surface area contributed by atoms with E-state index in [1.54, 1.807) is 13.8 Å². The van der Waals surface area contributed by atoms with Crippen LogP contribution in [0.25, 0.3) is 0 Å². The van der Waals surface area contributed by atoms with Crippen LogP contribution in [0.3, 0.4) is 0 Å². The summed E-state index contributed by atoms with van der Waals surface area (Å²) in [5, 5.41) is 0. The first-order valence-electron chi connectivity index (χ1n) is 4.85. The average Bonchev–Trinajstić information content (AvgIpc) is 2.07. The molecule has 1 rings (SSSR count). The highest BCUT2D eigenvalue weighted by Crippen LogP contribution is 2.20. The Morgan fingerprint density at radius 3 is 2.56 bits per heavy atom. The van der Waals surface area contributed by atoms with Crippen LogP contribution < -0.4 is 10.5 Å². The lowest BCUT2D eigenvalue weighted by molar-refractivity contribution is 0.587. The summed E-state index contributed by atoms with van der Waals surface area (Å²) in [4.78, 5) is 0. The molecule has 0 aliphatic carbocycles. The van der Waals surface area contributed by atoms with Crippen LogP contribution in [0, 0.1) is 11.7 Å². The number of anilines is 2. The van der Waals surface area contributed by atoms with Gasteiger partial charge in [-0.3, -0.25) is 4.72 Å². The molecule has 0 aliphatic rings. The van der Waals surface area contributed by atoms with E-state index in [1.165, 1.54) is 6.07 Å². The summed E-state index contributed by atoms with van der Waals surface area (Å²) in [5.74, 6) is -0.479. The zero-order valence-corrected chi connectivity index (χ0v) is 10.0. The summed E-state index contributed by atoms with van der Waals surface area (Å²) in [7, 11) is -3.42. The number of hydrogen-bond donors (Lipinski definition) is 2. The van der Waals surface area contributed by atoms with E-state index in [1.807, 2.05) is 0 Å². The summed E-state index contributed by atoms with van der Waals surface area (Å²) in [6, 6.07) is 3.54. The third kappa shape index (κ3) is 3.69. The largest absolute Gasteiger partial charge is 0.397 e. The fourth-order valence-corrected chi connectivity index (χ4v) is 2.76. The maximum Gasteiger partial charge on any atom is 0.233 e. The minimum Gasteiger partial charge on any atom is -0.397 e. The SMILES string of the molecule is CC(C)CS(=O)(=O)Nc1ccc(F)cc1N. The van der Waals surface area contributed by atoms with Crippen molar-refractivity contribution in [3.05, 3.63) is 24.0 Å². The monoisotopic (exact) mass is 246 g/mol. The molecular formula is C10H15FN2O2S. The summed E-state index contributed by atoms with van der Waals surface area (Å²) in [6.07, 6.45) is 0. The summed E-state index contributed by atoms with van der Waals surface area (Å²) in [6.45, 7) is 3.60. The molecule has 0 unspecified atom stereocenters. The highest BCUT2D eigenvalue weighted by molar-refractivity contribution is 7.92. The van der Waals surface area contributed by atoms with E-state index in [0.717, 1.165) is 12.1 Å². The van der Waals surface area contributed by atoms with Gasteiger partial charge >= 0.3 is 0 Å². The van der Waals surface area contributed by atoms with Crippen molar-refractivity contribution in [2.24, 2.45) is 5.92 Å². The zero-order valence-electron chi connectivity index (χ0n) is 9.20. The average molecular weight is 246 g/mol. The second-order valence-corrected chi connectivity index (χ2v) is 5.78. The molecule has 0 bridgehead atoms. The number of nitrogen functional groups attached to an aromatic ring is 1. The molecule has 0 saturated heterocycles. The lowest BCUT2D eigenvalue weighted by Crippen LogP contribution is -2.20. The predicted molar refractivity (Wildman–Crippen MR) is 63.1 cm³/mol. The van der Waals surface area contributed by atoms with E-state index >= 15 is 0 Å². The molecule has 1 aromatic rings. The van der Waals surface area contributed by atoms with E-state index in [2.05, 4.69) is 4.72 Å². The van der Waals surface area contributed by atoms with Crippen molar-refractivity contribution < 1.29 is 12.8 Å². The van der Waals surface area contributed by atoms with Gasteiger partial charge in [0.15, 0.2) is 0 Å². The first kappa shape index (κ1) is 12.8. The van der Waals surface area contributed by atoms with Crippen LogP contribution in [0.5, 0.6) is 0 Å². The Bertz CT molecular complexity index is 472. The van der Waals surface area contributed by atoms with Crippen molar-refractivity contribution in [1.29, 1.82) is 0 Å². The molecule has 16 heavy (non-hydrogen) atoms. The van der Waals surface area contributed by atoms with Gasteiger partial charge in [-0.15, -0.1) is 0 Å². The topological polar surface area (TPSA) is 72.2 Å². The molecule has 6 heteroatoms. The van der Waals surface area contributed by atoms with Gasteiger partial charge in [0.2, 0.25) is 10.0 Å². The molecule has 0 fully saturated rings. The van der Waals surface area contributed by atoms with Gasteiger partial charge in [-0.25, -0.2) is 12.8 Å². The summed E-state index contributed by atoms with van der Waals surface area (Å²) in [5.41, 5.74) is 5.78. The molecule has 0 spiro atoms. The third-order valence-corrected chi connectivity index (χ3v) is 3.47. The Balaban J connectivity index is 2.88. The Morgan fingerprint density at radius 2 is 2.06 bits per heavy atom. The fraction of sp³-hybridized carbons (Fsp3) is 0.400. The first-order valence-corrected chi connectivity index (χ1v) is 6.51. The lowest BCUT2D eigenvalue weighted by Gasteiger charge is -2.11. The van der Waals surface area contributed by atoms with E-state index in [9.17, 15) is 12.8 Å². The number of hydrogen-bond acceptors (Lipinski definition) is 3. The molecule has 1 aromatic carbocycles. The van der Waals surface area contributed by atoms with Crippen molar-refractivity contribution in [2.45, 2.75) is 13.8 Å². The molecule has 0 radical (unpaired) electrons. The van der Waals surface area contributed by atoms with Crippen molar-refractivity contribution in [3.63, 3.8) is 0 Å². The standard InChI is InChI=1S/C10H15FN2O2S/c1-7(2)6-16(14,15)13-10-4-3-8(11)5-9(10)12/h3-5,7,13H,6,12H2,1-2H3. The van der Waals surface area contributed by atoms with Gasteiger partial charge in [-0.05, 0) is 24.1 Å². The maximum atomic E-state index is 12.7. The van der Waals surface area contributed by atoms with Gasteiger partial charge < -0.3 is 5.73 Å². The molecule has 0 aromatic heterocycles. The normalized spacial score (nSPS) is 11.8. The van der Waals surface area contributed by atoms with Gasteiger partial charge in [-0.2, -0.15) is 0 Å². The van der Waals surface area contributed by atoms with Crippen LogP contribution in [0.15, 0.2) is 18.2 Å². The number of benzene rings is 1. The molecule has 3 N–H and O–H groups in total. The minimum absolute atomic E-state index is 0.00379. The Hall–Kier alpha value is -1.30. The van der Waals surface area contributed by atoms with Crippen LogP contribution in [-0.2, 0) is 10.0 Å². The predicted octanol–water partition coefficient (Wildman–Crippen LogP) is 1.81. The highest BCUT2D eigenvalue weighted by Gasteiger charge is 2.14. The second-order valence-electron chi connectivity index (χ2n) is 4.01. The van der Waals surface area contributed by atoms with Crippen molar-refractivity contribution >= 4 is 21.4 Å². The van der Waals surface area contributed by atoms with Crippen molar-refractivity contribution in [2.75, 3.05) is 16.2 Å². The fourth-order valence-electron chi connectivity index (χ4n) is 1.27. The molecule has 0 atom stereocenters. The van der Waals surface area contributed by atoms with E-state index in [-0.39, 0.29) is 23.0 Å². The summed E-state index contributed by atoms with van der Waals surface area (Å²) >= 11 is 0. The van der Waals surface area contributed by atoms with Crippen molar-refractivity contribution in [3.8, 4) is 0 Å². The number of sulfonamides is 1. The second kappa shape index (κ2) is 4.69. The number of halogens is 1. The van der Waals surface area contributed by atoms with Crippen LogP contribution >= 0.6 is 0 Å². The molecule has 0 aliphatic heterocycles. The minimum atomic E-state index is -3.42. The van der Waals surface area contributed by atoms with Gasteiger partial charge in [0, 0.05) is 0 Å². The van der Waals surface area contributed by atoms with Gasteiger partial charge in [-0.1, -0.05) is 13.8 Å². The molecular weight excluding hydrogens is 231 g/mol. The van der Waals surface area contributed by atoms with Crippen LogP contribution in [0.2, 0.25) is 0 Å². The van der Waals surface area contributed by atoms with Crippen LogP contribution in [-0.4, -0.2) is 14.2 Å².